The fourth-order valence-corrected chi connectivity index (χ4v) is 4.34. The van der Waals surface area contributed by atoms with Crippen molar-refractivity contribution in [3.05, 3.63) is 35.5 Å². The third-order valence-electron chi connectivity index (χ3n) is 5.52. The van der Waals surface area contributed by atoms with Gasteiger partial charge in [-0.1, -0.05) is 11.6 Å². The molecule has 29 heavy (non-hydrogen) atoms. The van der Waals surface area contributed by atoms with Gasteiger partial charge in [0.05, 0.1) is 16.8 Å². The van der Waals surface area contributed by atoms with E-state index in [4.69, 9.17) is 16.3 Å². The Morgan fingerprint density at radius 2 is 2.24 bits per heavy atom. The van der Waals surface area contributed by atoms with Gasteiger partial charge in [0, 0.05) is 29.4 Å². The monoisotopic (exact) mass is 416 g/mol. The SMILES string of the molecule is O=C1N[C@@]2(CCC[C@H](Nc3nc(-c4c[nH]c5ncc(Cl)cc45)ncc3F)C2)CO1. The number of amides is 1. The van der Waals surface area contributed by atoms with Crippen molar-refractivity contribution in [1.29, 1.82) is 0 Å². The highest BCUT2D eigenvalue weighted by Crippen LogP contribution is 2.34. The zero-order valence-electron chi connectivity index (χ0n) is 15.3. The molecule has 2 atom stereocenters. The first-order chi connectivity index (χ1) is 14.0. The molecule has 1 spiro atoms. The van der Waals surface area contributed by atoms with Crippen LogP contribution in [0.3, 0.4) is 0 Å². The van der Waals surface area contributed by atoms with Crippen LogP contribution in [0.25, 0.3) is 22.4 Å². The largest absolute Gasteiger partial charge is 0.447 e. The molecule has 5 rings (SSSR count). The number of aromatic amines is 1. The summed E-state index contributed by atoms with van der Waals surface area (Å²) < 4.78 is 19.5. The average molecular weight is 417 g/mol. The van der Waals surface area contributed by atoms with Gasteiger partial charge in [-0.3, -0.25) is 0 Å². The lowest BCUT2D eigenvalue weighted by Crippen LogP contribution is -2.50. The molecule has 1 amide bonds. The summed E-state index contributed by atoms with van der Waals surface area (Å²) in [5, 5.41) is 7.35. The molecule has 150 valence electrons. The van der Waals surface area contributed by atoms with E-state index in [-0.39, 0.29) is 11.9 Å². The van der Waals surface area contributed by atoms with Gasteiger partial charge in [-0.25, -0.2) is 24.1 Å². The number of hydrogen-bond acceptors (Lipinski definition) is 6. The molecule has 0 aromatic carbocycles. The van der Waals surface area contributed by atoms with Gasteiger partial charge >= 0.3 is 6.09 Å². The van der Waals surface area contributed by atoms with Crippen LogP contribution in [0.2, 0.25) is 5.02 Å². The number of cyclic esters (lactones) is 1. The van der Waals surface area contributed by atoms with Gasteiger partial charge < -0.3 is 20.4 Å². The van der Waals surface area contributed by atoms with Crippen LogP contribution in [0, 0.1) is 5.82 Å². The van der Waals surface area contributed by atoms with Crippen molar-refractivity contribution >= 4 is 34.5 Å². The quantitative estimate of drug-likeness (QED) is 0.602. The number of carbonyl (C=O) groups is 1. The molecule has 1 aliphatic heterocycles. The second kappa shape index (κ2) is 6.84. The maximum Gasteiger partial charge on any atom is 0.407 e. The molecule has 4 heterocycles. The van der Waals surface area contributed by atoms with E-state index >= 15 is 0 Å². The summed E-state index contributed by atoms with van der Waals surface area (Å²) in [4.78, 5) is 27.3. The second-order valence-electron chi connectivity index (χ2n) is 7.56. The summed E-state index contributed by atoms with van der Waals surface area (Å²) in [7, 11) is 0. The van der Waals surface area contributed by atoms with Gasteiger partial charge in [0.25, 0.3) is 0 Å². The van der Waals surface area contributed by atoms with Crippen LogP contribution < -0.4 is 10.6 Å². The van der Waals surface area contributed by atoms with Crippen molar-refractivity contribution in [2.45, 2.75) is 37.3 Å². The predicted molar refractivity (Wildman–Crippen MR) is 105 cm³/mol. The highest BCUT2D eigenvalue weighted by atomic mass is 35.5. The number of carbonyl (C=O) groups excluding carboxylic acids is 1. The smallest absolute Gasteiger partial charge is 0.407 e. The summed E-state index contributed by atoms with van der Waals surface area (Å²) >= 11 is 6.06. The second-order valence-corrected chi connectivity index (χ2v) is 8.00. The molecule has 10 heteroatoms. The molecular weight excluding hydrogens is 399 g/mol. The van der Waals surface area contributed by atoms with E-state index < -0.39 is 17.4 Å². The molecule has 3 aromatic rings. The number of ether oxygens (including phenoxy) is 1. The molecule has 3 N–H and O–H groups in total. The number of aromatic nitrogens is 4. The van der Waals surface area contributed by atoms with Crippen LogP contribution in [0.5, 0.6) is 0 Å². The minimum Gasteiger partial charge on any atom is -0.447 e. The molecule has 1 saturated heterocycles. The summed E-state index contributed by atoms with van der Waals surface area (Å²) in [6.45, 7) is 0.338. The zero-order chi connectivity index (χ0) is 20.0. The van der Waals surface area contributed by atoms with Crippen LogP contribution in [0.15, 0.2) is 24.7 Å². The molecule has 0 bridgehead atoms. The third kappa shape index (κ3) is 3.35. The summed E-state index contributed by atoms with van der Waals surface area (Å²) in [6.07, 6.45) is 7.27. The van der Waals surface area contributed by atoms with E-state index in [0.717, 1.165) is 30.8 Å². The van der Waals surface area contributed by atoms with Gasteiger partial charge in [-0.05, 0) is 31.7 Å². The minimum absolute atomic E-state index is 0.0397. The number of nitrogens with zero attached hydrogens (tertiary/aromatic N) is 3. The number of alkyl carbamates (subject to hydrolysis) is 1. The van der Waals surface area contributed by atoms with Crippen LogP contribution >= 0.6 is 11.6 Å². The van der Waals surface area contributed by atoms with Crippen molar-refractivity contribution in [1.82, 2.24) is 25.3 Å². The van der Waals surface area contributed by atoms with Gasteiger partial charge in [0.2, 0.25) is 0 Å². The van der Waals surface area contributed by atoms with Gasteiger partial charge in [-0.15, -0.1) is 0 Å². The molecule has 3 aromatic heterocycles. The van der Waals surface area contributed by atoms with Gasteiger partial charge in [0.15, 0.2) is 17.5 Å². The number of halogens is 2. The number of hydrogen-bond donors (Lipinski definition) is 3. The van der Waals surface area contributed by atoms with Crippen LogP contribution in [-0.4, -0.2) is 44.2 Å². The topological polar surface area (TPSA) is 105 Å². The molecule has 1 saturated carbocycles. The maximum atomic E-state index is 14.5. The van der Waals surface area contributed by atoms with Gasteiger partial charge in [0.1, 0.15) is 12.3 Å². The van der Waals surface area contributed by atoms with E-state index in [2.05, 4.69) is 30.6 Å². The van der Waals surface area contributed by atoms with Crippen LogP contribution in [0.4, 0.5) is 15.0 Å². The third-order valence-corrected chi connectivity index (χ3v) is 5.72. The molecule has 2 fully saturated rings. The molecule has 0 radical (unpaired) electrons. The Kier molecular flexibility index (Phi) is 4.27. The maximum absolute atomic E-state index is 14.5. The number of rotatable bonds is 3. The van der Waals surface area contributed by atoms with E-state index in [0.29, 0.717) is 35.1 Å². The minimum atomic E-state index is -0.531. The van der Waals surface area contributed by atoms with Crippen molar-refractivity contribution in [2.75, 3.05) is 11.9 Å². The lowest BCUT2D eigenvalue weighted by Gasteiger charge is -2.36. The summed E-state index contributed by atoms with van der Waals surface area (Å²) in [5.74, 6) is -0.0325. The Morgan fingerprint density at radius 3 is 3.07 bits per heavy atom. The number of H-pyrrole nitrogens is 1. The Bertz CT molecular complexity index is 1110. The average Bonchev–Trinajstić information content (AvgIpc) is 3.27. The number of fused-ring (bicyclic) bond motifs is 1. The van der Waals surface area contributed by atoms with Crippen molar-refractivity contribution in [3.8, 4) is 11.4 Å². The number of pyridine rings is 1. The standard InChI is InChI=1S/C19H18ClFN6O2/c20-10-4-12-13(7-23-15(12)22-6-10)16-24-8-14(21)17(26-16)25-11-2-1-3-19(5-11)9-29-18(28)27-19/h4,6-8,11H,1-3,5,9H2,(H,22,23)(H,27,28)(H,24,25,26)/t11-,19+/m0/s1. The Balaban J connectivity index is 1.42. The molecule has 2 aliphatic rings. The highest BCUT2D eigenvalue weighted by molar-refractivity contribution is 6.31. The first kappa shape index (κ1) is 18.1. The Hall–Kier alpha value is -2.94. The molecule has 0 unspecified atom stereocenters. The fraction of sp³-hybridized carbons (Fsp3) is 0.368. The fourth-order valence-electron chi connectivity index (χ4n) is 4.18. The zero-order valence-corrected chi connectivity index (χ0v) is 16.1. The lowest BCUT2D eigenvalue weighted by atomic mass is 9.80. The van der Waals surface area contributed by atoms with Crippen molar-refractivity contribution < 1.29 is 13.9 Å². The number of anilines is 1. The van der Waals surface area contributed by atoms with E-state index in [9.17, 15) is 9.18 Å². The van der Waals surface area contributed by atoms with Crippen molar-refractivity contribution in [3.63, 3.8) is 0 Å². The molecule has 8 nitrogen and oxygen atoms in total. The van der Waals surface area contributed by atoms with E-state index in [1.165, 1.54) is 0 Å². The predicted octanol–water partition coefficient (Wildman–Crippen LogP) is 3.65. The molecule has 1 aliphatic carbocycles. The van der Waals surface area contributed by atoms with Crippen LogP contribution in [-0.2, 0) is 4.74 Å². The first-order valence-electron chi connectivity index (χ1n) is 9.38. The Labute approximate surface area is 170 Å². The van der Waals surface area contributed by atoms with E-state index in [1.807, 2.05) is 0 Å². The summed E-state index contributed by atoms with van der Waals surface area (Å²) in [5.41, 5.74) is 0.950. The molecular formula is C19H18ClFN6O2. The highest BCUT2D eigenvalue weighted by Gasteiger charge is 2.43. The van der Waals surface area contributed by atoms with Gasteiger partial charge in [-0.2, -0.15) is 0 Å². The van der Waals surface area contributed by atoms with Crippen molar-refractivity contribution in [2.24, 2.45) is 0 Å². The lowest BCUT2D eigenvalue weighted by molar-refractivity contribution is 0.163. The normalized spacial score (nSPS) is 23.9. The Morgan fingerprint density at radius 1 is 1.34 bits per heavy atom. The first-order valence-corrected chi connectivity index (χ1v) is 9.76. The number of nitrogens with one attached hydrogen (secondary N) is 3. The van der Waals surface area contributed by atoms with E-state index in [1.54, 1.807) is 18.5 Å². The van der Waals surface area contributed by atoms with Crippen LogP contribution in [0.1, 0.15) is 25.7 Å². The summed E-state index contributed by atoms with van der Waals surface area (Å²) in [6, 6.07) is 1.73.